The number of benzene rings is 2. The summed E-state index contributed by atoms with van der Waals surface area (Å²) in [5, 5.41) is 0. The second kappa shape index (κ2) is 5.97. The molecule has 0 saturated heterocycles. The topological polar surface area (TPSA) is 87.7 Å². The van der Waals surface area contributed by atoms with Crippen molar-refractivity contribution in [2.75, 3.05) is 0 Å². The molecule has 0 aliphatic carbocycles. The molecule has 0 aliphatic rings. The van der Waals surface area contributed by atoms with Crippen LogP contribution in [0.15, 0.2) is 71.1 Å². The van der Waals surface area contributed by atoms with Crippen LogP contribution in [0.25, 0.3) is 11.1 Å². The van der Waals surface area contributed by atoms with Gasteiger partial charge < -0.3 is 14.2 Å². The first kappa shape index (κ1) is 15.4. The van der Waals surface area contributed by atoms with E-state index in [4.69, 9.17) is 4.42 Å². The van der Waals surface area contributed by atoms with Gasteiger partial charge in [0, 0.05) is 17.2 Å². The lowest BCUT2D eigenvalue weighted by atomic mass is 10.0. The quantitative estimate of drug-likeness (QED) is 0.568. The molecule has 1 heterocycles. The van der Waals surface area contributed by atoms with E-state index in [2.05, 4.69) is 0 Å². The SMILES string of the molecule is O=C(c1ccccc1)c1oc(P(=O)(O)O)cc1-c1ccccc1. The summed E-state index contributed by atoms with van der Waals surface area (Å²) in [6.45, 7) is 0. The summed E-state index contributed by atoms with van der Waals surface area (Å²) in [6, 6.07) is 18.5. The normalized spacial score (nSPS) is 11.4. The van der Waals surface area contributed by atoms with Crippen LogP contribution in [-0.2, 0) is 4.57 Å². The lowest BCUT2D eigenvalue weighted by Gasteiger charge is -2.02. The second-order valence-corrected chi connectivity index (χ2v) is 6.46. The van der Waals surface area contributed by atoms with Crippen LogP contribution >= 0.6 is 7.60 Å². The first-order valence-corrected chi connectivity index (χ1v) is 8.43. The average Bonchev–Trinajstić information content (AvgIpc) is 3.01. The molecule has 0 aliphatic heterocycles. The molecule has 3 aromatic rings. The third-order valence-corrected chi connectivity index (χ3v) is 4.13. The van der Waals surface area contributed by atoms with Gasteiger partial charge in [0.15, 0.2) is 5.76 Å². The van der Waals surface area contributed by atoms with E-state index in [1.165, 1.54) is 6.07 Å². The molecule has 1 aromatic heterocycles. The molecule has 3 rings (SSSR count). The molecule has 0 saturated carbocycles. The minimum atomic E-state index is -4.59. The summed E-state index contributed by atoms with van der Waals surface area (Å²) < 4.78 is 16.7. The molecular weight excluding hydrogens is 315 g/mol. The molecule has 0 amide bonds. The first-order valence-electron chi connectivity index (χ1n) is 6.82. The van der Waals surface area contributed by atoms with Crippen LogP contribution in [0.5, 0.6) is 0 Å². The zero-order valence-electron chi connectivity index (χ0n) is 11.9. The molecule has 2 N–H and O–H groups in total. The minimum absolute atomic E-state index is 0.0827. The zero-order valence-corrected chi connectivity index (χ0v) is 12.8. The lowest BCUT2D eigenvalue weighted by molar-refractivity contribution is 0.101. The Balaban J connectivity index is 2.17. The second-order valence-electron chi connectivity index (χ2n) is 4.93. The van der Waals surface area contributed by atoms with Gasteiger partial charge in [0.25, 0.3) is 0 Å². The fraction of sp³-hybridized carbons (Fsp3) is 0. The third-order valence-electron chi connectivity index (χ3n) is 3.33. The van der Waals surface area contributed by atoms with Crippen molar-refractivity contribution in [1.29, 1.82) is 0 Å². The Bertz CT molecular complexity index is 878. The molecular formula is C17H13O5P. The van der Waals surface area contributed by atoms with Crippen LogP contribution < -0.4 is 5.50 Å². The molecule has 5 nitrogen and oxygen atoms in total. The third kappa shape index (κ3) is 3.17. The van der Waals surface area contributed by atoms with Crippen molar-refractivity contribution in [1.82, 2.24) is 0 Å². The predicted molar refractivity (Wildman–Crippen MR) is 85.7 cm³/mol. The van der Waals surface area contributed by atoms with E-state index in [1.54, 1.807) is 54.6 Å². The van der Waals surface area contributed by atoms with Crippen LogP contribution in [0.2, 0.25) is 0 Å². The van der Waals surface area contributed by atoms with E-state index in [0.29, 0.717) is 16.7 Å². The molecule has 0 radical (unpaired) electrons. The van der Waals surface area contributed by atoms with Crippen molar-refractivity contribution in [3.63, 3.8) is 0 Å². The molecule has 2 aromatic carbocycles. The predicted octanol–water partition coefficient (Wildman–Crippen LogP) is 2.98. The Morgan fingerprint density at radius 2 is 1.48 bits per heavy atom. The van der Waals surface area contributed by atoms with Crippen molar-refractivity contribution < 1.29 is 23.6 Å². The van der Waals surface area contributed by atoms with Crippen LogP contribution in [0.3, 0.4) is 0 Å². The van der Waals surface area contributed by atoms with E-state index >= 15 is 0 Å². The van der Waals surface area contributed by atoms with Crippen LogP contribution in [0.4, 0.5) is 0 Å². The van der Waals surface area contributed by atoms with Gasteiger partial charge >= 0.3 is 7.60 Å². The fourth-order valence-corrected chi connectivity index (χ4v) is 2.75. The average molecular weight is 328 g/mol. The van der Waals surface area contributed by atoms with Crippen molar-refractivity contribution in [2.24, 2.45) is 0 Å². The van der Waals surface area contributed by atoms with Crippen molar-refractivity contribution in [3.8, 4) is 11.1 Å². The molecule has 0 atom stereocenters. The van der Waals surface area contributed by atoms with Crippen molar-refractivity contribution >= 4 is 18.9 Å². The van der Waals surface area contributed by atoms with Gasteiger partial charge in [0.05, 0.1) is 0 Å². The molecule has 0 unspecified atom stereocenters. The van der Waals surface area contributed by atoms with Crippen LogP contribution in [-0.4, -0.2) is 15.6 Å². The molecule has 0 spiro atoms. The van der Waals surface area contributed by atoms with E-state index in [-0.39, 0.29) is 5.76 Å². The van der Waals surface area contributed by atoms with E-state index in [1.807, 2.05) is 6.07 Å². The number of carbonyl (C=O) groups excluding carboxylic acids is 1. The molecule has 6 heteroatoms. The van der Waals surface area contributed by atoms with Crippen LogP contribution in [0, 0.1) is 0 Å². The number of carbonyl (C=O) groups is 1. The molecule has 0 bridgehead atoms. The molecule has 116 valence electrons. The summed E-state index contributed by atoms with van der Waals surface area (Å²) in [6.07, 6.45) is 0. The maximum absolute atomic E-state index is 12.6. The summed E-state index contributed by atoms with van der Waals surface area (Å²) >= 11 is 0. The Kier molecular flexibility index (Phi) is 4.01. The zero-order chi connectivity index (χ0) is 16.4. The number of hydrogen-bond donors (Lipinski definition) is 2. The standard InChI is InChI=1S/C17H13O5P/c18-16(13-9-5-2-6-10-13)17-14(12-7-3-1-4-8-12)11-15(22-17)23(19,20)21/h1-11H,(H2,19,20,21). The van der Waals surface area contributed by atoms with Gasteiger partial charge in [-0.2, -0.15) is 0 Å². The highest BCUT2D eigenvalue weighted by Crippen LogP contribution is 2.38. The van der Waals surface area contributed by atoms with Gasteiger partial charge in [-0.05, 0) is 5.56 Å². The smallest absolute Gasteiger partial charge is 0.391 e. The largest absolute Gasteiger partial charge is 0.444 e. The first-order chi connectivity index (χ1) is 11.0. The highest BCUT2D eigenvalue weighted by molar-refractivity contribution is 7.59. The highest BCUT2D eigenvalue weighted by Gasteiger charge is 2.28. The lowest BCUT2D eigenvalue weighted by Crippen LogP contribution is -2.03. The van der Waals surface area contributed by atoms with E-state index in [0.717, 1.165) is 0 Å². The van der Waals surface area contributed by atoms with Crippen LogP contribution in [0.1, 0.15) is 16.1 Å². The van der Waals surface area contributed by atoms with Gasteiger partial charge in [0.1, 0.15) is 0 Å². The monoisotopic (exact) mass is 328 g/mol. The Labute approximate surface area is 132 Å². The Morgan fingerprint density at radius 1 is 0.913 bits per heavy atom. The van der Waals surface area contributed by atoms with Gasteiger partial charge in [0.2, 0.25) is 11.3 Å². The van der Waals surface area contributed by atoms with Crippen molar-refractivity contribution in [2.45, 2.75) is 0 Å². The molecule has 0 fully saturated rings. The fourth-order valence-electron chi connectivity index (χ4n) is 2.24. The summed E-state index contributed by atoms with van der Waals surface area (Å²) in [5.41, 5.74) is 0.875. The van der Waals surface area contributed by atoms with Crippen molar-refractivity contribution in [3.05, 3.63) is 78.1 Å². The summed E-state index contributed by atoms with van der Waals surface area (Å²) in [5.74, 6) is -0.509. The number of hydrogen-bond acceptors (Lipinski definition) is 3. The maximum Gasteiger partial charge on any atom is 0.391 e. The molecule has 23 heavy (non-hydrogen) atoms. The maximum atomic E-state index is 12.6. The number of rotatable bonds is 4. The number of ketones is 1. The van der Waals surface area contributed by atoms with Gasteiger partial charge in [-0.15, -0.1) is 0 Å². The minimum Gasteiger partial charge on any atom is -0.444 e. The summed E-state index contributed by atoms with van der Waals surface area (Å²) in [4.78, 5) is 31.3. The van der Waals surface area contributed by atoms with Gasteiger partial charge in [-0.3, -0.25) is 9.36 Å². The Morgan fingerprint density at radius 3 is 2.04 bits per heavy atom. The number of furan rings is 1. The van der Waals surface area contributed by atoms with Gasteiger partial charge in [-0.25, -0.2) is 0 Å². The van der Waals surface area contributed by atoms with Gasteiger partial charge in [-0.1, -0.05) is 60.7 Å². The summed E-state index contributed by atoms with van der Waals surface area (Å²) in [7, 11) is -4.59. The highest BCUT2D eigenvalue weighted by atomic mass is 31.2. The van der Waals surface area contributed by atoms with E-state index in [9.17, 15) is 19.1 Å². The van der Waals surface area contributed by atoms with E-state index < -0.39 is 18.9 Å². The Hall–Kier alpha value is -2.46.